The maximum atomic E-state index is 11.2. The van der Waals surface area contributed by atoms with Crippen LogP contribution in [0, 0.1) is 0 Å². The van der Waals surface area contributed by atoms with Crippen LogP contribution in [0.25, 0.3) is 0 Å². The van der Waals surface area contributed by atoms with Crippen molar-refractivity contribution in [2.24, 2.45) is 0 Å². The van der Waals surface area contributed by atoms with Crippen molar-refractivity contribution >= 4 is 21.4 Å². The second-order valence-electron chi connectivity index (χ2n) is 3.92. The van der Waals surface area contributed by atoms with Crippen molar-refractivity contribution < 1.29 is 13.2 Å². The van der Waals surface area contributed by atoms with Gasteiger partial charge in [0.25, 0.3) is 0 Å². The van der Waals surface area contributed by atoms with E-state index in [0.717, 1.165) is 11.9 Å². The summed E-state index contributed by atoms with van der Waals surface area (Å²) in [7, 11) is -1.65. The van der Waals surface area contributed by atoms with E-state index in [2.05, 4.69) is 10.0 Å². The van der Waals surface area contributed by atoms with Crippen LogP contribution in [-0.2, 0) is 14.8 Å². The van der Waals surface area contributed by atoms with Gasteiger partial charge in [-0.2, -0.15) is 0 Å². The van der Waals surface area contributed by atoms with Crippen LogP contribution in [0.1, 0.15) is 6.92 Å². The fourth-order valence-electron chi connectivity index (χ4n) is 1.45. The molecule has 0 radical (unpaired) electrons. The standard InChI is InChI=1S/C11H18N2O3S/c1-9(8-16-2)12-10-6-4-5-7-11(10)13-17(3,14)15/h4-7,9,12-13H,8H2,1-3H3. The molecule has 0 aliphatic heterocycles. The molecule has 0 aromatic heterocycles. The number of ether oxygens (including phenoxy) is 1. The molecule has 1 atom stereocenters. The molecule has 1 aromatic carbocycles. The van der Waals surface area contributed by atoms with Crippen molar-refractivity contribution in [3.63, 3.8) is 0 Å². The highest BCUT2D eigenvalue weighted by atomic mass is 32.2. The highest BCUT2D eigenvalue weighted by molar-refractivity contribution is 7.92. The number of para-hydroxylation sites is 2. The molecule has 17 heavy (non-hydrogen) atoms. The van der Waals surface area contributed by atoms with Crippen LogP contribution in [0.2, 0.25) is 0 Å². The van der Waals surface area contributed by atoms with Gasteiger partial charge in [0.05, 0.1) is 24.2 Å². The number of rotatable bonds is 6. The van der Waals surface area contributed by atoms with E-state index in [1.807, 2.05) is 19.1 Å². The summed E-state index contributed by atoms with van der Waals surface area (Å²) in [5, 5.41) is 3.18. The van der Waals surface area contributed by atoms with Gasteiger partial charge in [0, 0.05) is 13.2 Å². The number of anilines is 2. The van der Waals surface area contributed by atoms with Crippen molar-refractivity contribution in [3.8, 4) is 0 Å². The van der Waals surface area contributed by atoms with E-state index in [-0.39, 0.29) is 6.04 Å². The first kappa shape index (κ1) is 13.8. The van der Waals surface area contributed by atoms with Crippen LogP contribution < -0.4 is 10.0 Å². The van der Waals surface area contributed by atoms with Gasteiger partial charge in [0.15, 0.2) is 0 Å². The highest BCUT2D eigenvalue weighted by Crippen LogP contribution is 2.22. The van der Waals surface area contributed by atoms with E-state index in [1.165, 1.54) is 0 Å². The van der Waals surface area contributed by atoms with Crippen LogP contribution >= 0.6 is 0 Å². The summed E-state index contributed by atoms with van der Waals surface area (Å²) in [5.74, 6) is 0. The predicted octanol–water partition coefficient (Wildman–Crippen LogP) is 1.50. The normalized spacial score (nSPS) is 13.1. The first-order valence-electron chi connectivity index (χ1n) is 5.24. The number of methoxy groups -OCH3 is 1. The molecule has 0 aliphatic rings. The minimum Gasteiger partial charge on any atom is -0.383 e. The molecule has 0 heterocycles. The first-order valence-corrected chi connectivity index (χ1v) is 7.14. The fraction of sp³-hybridized carbons (Fsp3) is 0.455. The summed E-state index contributed by atoms with van der Waals surface area (Å²) in [6.07, 6.45) is 1.13. The Morgan fingerprint density at radius 1 is 1.29 bits per heavy atom. The second kappa shape index (κ2) is 5.88. The van der Waals surface area contributed by atoms with E-state index < -0.39 is 10.0 Å². The maximum absolute atomic E-state index is 11.2. The zero-order chi connectivity index (χ0) is 12.9. The Hall–Kier alpha value is -1.27. The largest absolute Gasteiger partial charge is 0.383 e. The maximum Gasteiger partial charge on any atom is 0.229 e. The molecule has 6 heteroatoms. The van der Waals surface area contributed by atoms with Crippen molar-refractivity contribution in [1.29, 1.82) is 0 Å². The van der Waals surface area contributed by atoms with E-state index in [4.69, 9.17) is 4.74 Å². The van der Waals surface area contributed by atoms with Gasteiger partial charge in [0.1, 0.15) is 0 Å². The Labute approximate surface area is 102 Å². The third-order valence-electron chi connectivity index (χ3n) is 2.04. The van der Waals surface area contributed by atoms with Gasteiger partial charge in [-0.25, -0.2) is 8.42 Å². The van der Waals surface area contributed by atoms with Crippen LogP contribution in [0.4, 0.5) is 11.4 Å². The van der Waals surface area contributed by atoms with E-state index in [1.54, 1.807) is 19.2 Å². The van der Waals surface area contributed by atoms with E-state index >= 15 is 0 Å². The molecule has 1 unspecified atom stereocenters. The topological polar surface area (TPSA) is 67.4 Å². The first-order chi connectivity index (χ1) is 7.92. The molecule has 0 saturated heterocycles. The molecule has 1 rings (SSSR count). The van der Waals surface area contributed by atoms with E-state index in [0.29, 0.717) is 12.3 Å². The average molecular weight is 258 g/mol. The van der Waals surface area contributed by atoms with Crippen LogP contribution in [0.15, 0.2) is 24.3 Å². The molecule has 1 aromatic rings. The molecular formula is C11H18N2O3S. The number of nitrogens with one attached hydrogen (secondary N) is 2. The van der Waals surface area contributed by atoms with Gasteiger partial charge in [-0.3, -0.25) is 4.72 Å². The lowest BCUT2D eigenvalue weighted by Crippen LogP contribution is -2.22. The minimum absolute atomic E-state index is 0.0995. The zero-order valence-corrected chi connectivity index (χ0v) is 11.0. The number of hydrogen-bond donors (Lipinski definition) is 2. The fourth-order valence-corrected chi connectivity index (χ4v) is 2.03. The van der Waals surface area contributed by atoms with Crippen LogP contribution in [0.5, 0.6) is 0 Å². The van der Waals surface area contributed by atoms with Gasteiger partial charge in [0.2, 0.25) is 10.0 Å². The quantitative estimate of drug-likeness (QED) is 0.811. The van der Waals surface area contributed by atoms with Gasteiger partial charge < -0.3 is 10.1 Å². The van der Waals surface area contributed by atoms with Crippen molar-refractivity contribution in [2.75, 3.05) is 30.0 Å². The predicted molar refractivity (Wildman–Crippen MR) is 69.9 cm³/mol. The van der Waals surface area contributed by atoms with E-state index in [9.17, 15) is 8.42 Å². The Morgan fingerprint density at radius 2 is 1.88 bits per heavy atom. The smallest absolute Gasteiger partial charge is 0.229 e. The van der Waals surface area contributed by atoms with Gasteiger partial charge >= 0.3 is 0 Å². The second-order valence-corrected chi connectivity index (χ2v) is 5.67. The van der Waals surface area contributed by atoms with Crippen LogP contribution in [-0.4, -0.2) is 34.4 Å². The molecule has 96 valence electrons. The molecule has 2 N–H and O–H groups in total. The van der Waals surface area contributed by atoms with Crippen LogP contribution in [0.3, 0.4) is 0 Å². The summed E-state index contributed by atoms with van der Waals surface area (Å²) in [6, 6.07) is 7.25. The number of sulfonamides is 1. The van der Waals surface area contributed by atoms with Gasteiger partial charge in [-0.1, -0.05) is 12.1 Å². The Morgan fingerprint density at radius 3 is 2.41 bits per heavy atom. The third kappa shape index (κ3) is 5.06. The Balaban J connectivity index is 2.84. The Bertz CT molecular complexity index is 460. The summed E-state index contributed by atoms with van der Waals surface area (Å²) in [6.45, 7) is 2.51. The third-order valence-corrected chi connectivity index (χ3v) is 2.63. The average Bonchev–Trinajstić information content (AvgIpc) is 2.19. The van der Waals surface area contributed by atoms with Crippen molar-refractivity contribution in [1.82, 2.24) is 0 Å². The molecular weight excluding hydrogens is 240 g/mol. The summed E-state index contributed by atoms with van der Waals surface area (Å²) >= 11 is 0. The lowest BCUT2D eigenvalue weighted by molar-refractivity contribution is 0.190. The molecule has 0 fully saturated rings. The monoisotopic (exact) mass is 258 g/mol. The summed E-state index contributed by atoms with van der Waals surface area (Å²) in [4.78, 5) is 0. The van der Waals surface area contributed by atoms with Crippen molar-refractivity contribution in [3.05, 3.63) is 24.3 Å². The molecule has 0 aliphatic carbocycles. The lowest BCUT2D eigenvalue weighted by atomic mass is 10.2. The number of hydrogen-bond acceptors (Lipinski definition) is 4. The summed E-state index contributed by atoms with van der Waals surface area (Å²) in [5.41, 5.74) is 1.28. The minimum atomic E-state index is -3.27. The lowest BCUT2D eigenvalue weighted by Gasteiger charge is -2.17. The van der Waals surface area contributed by atoms with Gasteiger partial charge in [-0.05, 0) is 19.1 Å². The molecule has 0 saturated carbocycles. The molecule has 0 bridgehead atoms. The van der Waals surface area contributed by atoms with Crippen molar-refractivity contribution in [2.45, 2.75) is 13.0 Å². The molecule has 5 nitrogen and oxygen atoms in total. The van der Waals surface area contributed by atoms with Gasteiger partial charge in [-0.15, -0.1) is 0 Å². The zero-order valence-electron chi connectivity index (χ0n) is 10.2. The summed E-state index contributed by atoms with van der Waals surface area (Å²) < 4.78 is 29.9. The molecule has 0 amide bonds. The molecule has 0 spiro atoms. The number of benzene rings is 1. The highest BCUT2D eigenvalue weighted by Gasteiger charge is 2.08. The SMILES string of the molecule is COCC(C)Nc1ccccc1NS(C)(=O)=O. The Kier molecular flexibility index (Phi) is 4.77.